The van der Waals surface area contributed by atoms with E-state index in [1.54, 1.807) is 39.3 Å². The molecule has 0 bridgehead atoms. The molecule has 8 nitrogen and oxygen atoms in total. The van der Waals surface area contributed by atoms with Crippen molar-refractivity contribution in [2.75, 3.05) is 37.5 Å². The number of amides is 1. The van der Waals surface area contributed by atoms with Crippen LogP contribution >= 0.6 is 0 Å². The van der Waals surface area contributed by atoms with Crippen molar-refractivity contribution in [2.45, 2.75) is 26.7 Å². The number of ether oxygens (including phenoxy) is 2. The first-order chi connectivity index (χ1) is 14.0. The Kier molecular flexibility index (Phi) is 5.00. The SMILES string of the molecule is COc1cc(NC(=O)c2c(C)oc3nc(C)nc(N4CCCC4)c23)cc(OC)c1. The summed E-state index contributed by atoms with van der Waals surface area (Å²) in [5, 5.41) is 3.58. The van der Waals surface area contributed by atoms with Crippen molar-refractivity contribution >= 4 is 28.5 Å². The zero-order valence-corrected chi connectivity index (χ0v) is 17.0. The van der Waals surface area contributed by atoms with Crippen LogP contribution < -0.4 is 19.7 Å². The summed E-state index contributed by atoms with van der Waals surface area (Å²) in [6.07, 6.45) is 2.21. The lowest BCUT2D eigenvalue weighted by atomic mass is 10.1. The maximum atomic E-state index is 13.2. The minimum Gasteiger partial charge on any atom is -0.497 e. The molecule has 0 aliphatic carbocycles. The van der Waals surface area contributed by atoms with Gasteiger partial charge in [0.1, 0.15) is 28.9 Å². The van der Waals surface area contributed by atoms with Crippen molar-refractivity contribution in [1.29, 1.82) is 0 Å². The van der Waals surface area contributed by atoms with Crippen LogP contribution in [0.5, 0.6) is 11.5 Å². The molecule has 0 radical (unpaired) electrons. The van der Waals surface area contributed by atoms with Gasteiger partial charge in [0.25, 0.3) is 5.91 Å². The molecule has 0 atom stereocenters. The number of rotatable bonds is 5. The van der Waals surface area contributed by atoms with E-state index in [1.807, 2.05) is 6.92 Å². The number of hydrogen-bond donors (Lipinski definition) is 1. The number of aryl methyl sites for hydroxylation is 2. The molecule has 0 unspecified atom stereocenters. The van der Waals surface area contributed by atoms with E-state index in [4.69, 9.17) is 13.9 Å². The molecule has 1 amide bonds. The van der Waals surface area contributed by atoms with Gasteiger partial charge in [-0.2, -0.15) is 4.98 Å². The molecule has 3 heterocycles. The molecular formula is C21H24N4O4. The van der Waals surface area contributed by atoms with Gasteiger partial charge in [-0.1, -0.05) is 0 Å². The number of nitrogens with one attached hydrogen (secondary N) is 1. The first kappa shape index (κ1) is 19.0. The highest BCUT2D eigenvalue weighted by Gasteiger charge is 2.27. The highest BCUT2D eigenvalue weighted by atomic mass is 16.5. The molecule has 1 saturated heterocycles. The Balaban J connectivity index is 1.77. The van der Waals surface area contributed by atoms with Gasteiger partial charge in [0.15, 0.2) is 0 Å². The first-order valence-electron chi connectivity index (χ1n) is 9.57. The summed E-state index contributed by atoms with van der Waals surface area (Å²) in [4.78, 5) is 24.5. The summed E-state index contributed by atoms with van der Waals surface area (Å²) in [5.74, 6) is 2.78. The maximum absolute atomic E-state index is 13.2. The molecule has 0 spiro atoms. The number of aromatic nitrogens is 2. The van der Waals surface area contributed by atoms with Crippen LogP contribution in [-0.2, 0) is 0 Å². The Morgan fingerprint density at radius 3 is 2.34 bits per heavy atom. The smallest absolute Gasteiger partial charge is 0.260 e. The number of benzene rings is 1. The molecule has 0 saturated carbocycles. The van der Waals surface area contributed by atoms with Crippen LogP contribution in [0.1, 0.15) is 34.8 Å². The zero-order chi connectivity index (χ0) is 20.5. The molecule has 1 fully saturated rings. The molecule has 29 heavy (non-hydrogen) atoms. The highest BCUT2D eigenvalue weighted by molar-refractivity contribution is 6.15. The molecule has 1 aliphatic heterocycles. The zero-order valence-electron chi connectivity index (χ0n) is 17.0. The van der Waals surface area contributed by atoms with Gasteiger partial charge in [-0.15, -0.1) is 0 Å². The molecule has 8 heteroatoms. The Morgan fingerprint density at radius 1 is 1.07 bits per heavy atom. The molecule has 3 aromatic rings. The third-order valence-corrected chi connectivity index (χ3v) is 5.06. The van der Waals surface area contributed by atoms with Crippen LogP contribution in [0.25, 0.3) is 11.1 Å². The number of hydrogen-bond acceptors (Lipinski definition) is 7. The minimum atomic E-state index is -0.288. The lowest BCUT2D eigenvalue weighted by molar-refractivity contribution is 0.102. The van der Waals surface area contributed by atoms with E-state index in [2.05, 4.69) is 20.2 Å². The third-order valence-electron chi connectivity index (χ3n) is 5.06. The van der Waals surface area contributed by atoms with Gasteiger partial charge in [0, 0.05) is 37.0 Å². The monoisotopic (exact) mass is 396 g/mol. The van der Waals surface area contributed by atoms with Gasteiger partial charge in [-0.05, 0) is 26.7 Å². The minimum absolute atomic E-state index is 0.288. The van der Waals surface area contributed by atoms with E-state index in [1.165, 1.54) is 0 Å². The Morgan fingerprint density at radius 2 is 1.72 bits per heavy atom. The topological polar surface area (TPSA) is 89.7 Å². The van der Waals surface area contributed by atoms with Gasteiger partial charge in [0.2, 0.25) is 5.71 Å². The number of methoxy groups -OCH3 is 2. The van der Waals surface area contributed by atoms with Gasteiger partial charge >= 0.3 is 0 Å². The predicted octanol–water partition coefficient (Wildman–Crippen LogP) is 3.71. The second-order valence-electron chi connectivity index (χ2n) is 7.06. The van der Waals surface area contributed by atoms with Crippen molar-refractivity contribution < 1.29 is 18.7 Å². The maximum Gasteiger partial charge on any atom is 0.260 e. The van der Waals surface area contributed by atoms with Crippen molar-refractivity contribution in [3.63, 3.8) is 0 Å². The predicted molar refractivity (Wildman–Crippen MR) is 110 cm³/mol. The molecule has 152 valence electrons. The lowest BCUT2D eigenvalue weighted by Crippen LogP contribution is -2.21. The van der Waals surface area contributed by atoms with Crippen molar-refractivity contribution in [3.8, 4) is 11.5 Å². The third kappa shape index (κ3) is 3.57. The summed E-state index contributed by atoms with van der Waals surface area (Å²) >= 11 is 0. The number of anilines is 2. The second-order valence-corrected chi connectivity index (χ2v) is 7.06. The van der Waals surface area contributed by atoms with E-state index < -0.39 is 0 Å². The second kappa shape index (κ2) is 7.62. The number of carbonyl (C=O) groups is 1. The molecule has 1 aliphatic rings. The van der Waals surface area contributed by atoms with Crippen molar-refractivity contribution in [1.82, 2.24) is 9.97 Å². The van der Waals surface area contributed by atoms with E-state index in [0.29, 0.717) is 45.4 Å². The Hall–Kier alpha value is -3.29. The van der Waals surface area contributed by atoms with Crippen LogP contribution in [0.4, 0.5) is 11.5 Å². The van der Waals surface area contributed by atoms with Crippen LogP contribution in [-0.4, -0.2) is 43.2 Å². The van der Waals surface area contributed by atoms with Crippen LogP contribution in [0.2, 0.25) is 0 Å². The van der Waals surface area contributed by atoms with E-state index >= 15 is 0 Å². The molecule has 2 aromatic heterocycles. The summed E-state index contributed by atoms with van der Waals surface area (Å²) < 4.78 is 16.4. The van der Waals surface area contributed by atoms with Gasteiger partial charge in [-0.25, -0.2) is 4.98 Å². The summed E-state index contributed by atoms with van der Waals surface area (Å²) in [7, 11) is 3.13. The number of nitrogens with zero attached hydrogens (tertiary/aromatic N) is 3. The summed E-state index contributed by atoms with van der Waals surface area (Å²) in [6.45, 7) is 5.42. The van der Waals surface area contributed by atoms with Crippen LogP contribution in [0, 0.1) is 13.8 Å². The summed E-state index contributed by atoms with van der Waals surface area (Å²) in [5.41, 5.74) is 1.45. The number of furan rings is 1. The average molecular weight is 396 g/mol. The van der Waals surface area contributed by atoms with Gasteiger partial charge in [-0.3, -0.25) is 4.79 Å². The lowest BCUT2D eigenvalue weighted by Gasteiger charge is -2.18. The standard InChI is InChI=1S/C21H24N4O4/c1-12-17(20(26)24-14-9-15(27-3)11-16(10-14)28-4)18-19(25-7-5-6-8-25)22-13(2)23-21(18)29-12/h9-11H,5-8H2,1-4H3,(H,24,26). The first-order valence-corrected chi connectivity index (χ1v) is 9.57. The number of fused-ring (bicyclic) bond motifs is 1. The molecule has 1 N–H and O–H groups in total. The Labute approximate surface area is 168 Å². The van der Waals surface area contributed by atoms with Gasteiger partial charge < -0.3 is 24.1 Å². The quantitative estimate of drug-likeness (QED) is 0.703. The van der Waals surface area contributed by atoms with Gasteiger partial charge in [0.05, 0.1) is 25.2 Å². The van der Waals surface area contributed by atoms with Crippen molar-refractivity contribution in [3.05, 3.63) is 35.3 Å². The van der Waals surface area contributed by atoms with E-state index in [9.17, 15) is 4.79 Å². The average Bonchev–Trinajstić information content (AvgIpc) is 3.34. The Bertz CT molecular complexity index is 1050. The van der Waals surface area contributed by atoms with E-state index in [-0.39, 0.29) is 5.91 Å². The largest absolute Gasteiger partial charge is 0.497 e. The fourth-order valence-corrected chi connectivity index (χ4v) is 3.70. The molecular weight excluding hydrogens is 372 g/mol. The fraction of sp³-hybridized carbons (Fsp3) is 0.381. The van der Waals surface area contributed by atoms with Crippen LogP contribution in [0.3, 0.4) is 0 Å². The summed E-state index contributed by atoms with van der Waals surface area (Å²) in [6, 6.07) is 5.22. The normalized spacial score (nSPS) is 13.7. The molecule has 4 rings (SSSR count). The molecule has 1 aromatic carbocycles. The highest BCUT2D eigenvalue weighted by Crippen LogP contribution is 2.34. The van der Waals surface area contributed by atoms with Crippen LogP contribution in [0.15, 0.2) is 22.6 Å². The number of carbonyl (C=O) groups excluding carboxylic acids is 1. The fourth-order valence-electron chi connectivity index (χ4n) is 3.70. The van der Waals surface area contributed by atoms with Crippen molar-refractivity contribution in [2.24, 2.45) is 0 Å². The van der Waals surface area contributed by atoms with E-state index in [0.717, 1.165) is 31.7 Å².